The lowest BCUT2D eigenvalue weighted by Gasteiger charge is -2.01. The van der Waals surface area contributed by atoms with Crippen LogP contribution in [0.5, 0.6) is 0 Å². The van der Waals surface area contributed by atoms with Gasteiger partial charge in [-0.3, -0.25) is 4.79 Å². The summed E-state index contributed by atoms with van der Waals surface area (Å²) in [5.74, 6) is -2.03. The van der Waals surface area contributed by atoms with Crippen molar-refractivity contribution in [3.63, 3.8) is 0 Å². The molecule has 1 aromatic carbocycles. The first-order valence-corrected chi connectivity index (χ1v) is 6.13. The van der Waals surface area contributed by atoms with E-state index in [1.54, 1.807) is 5.38 Å². The number of thiazole rings is 1. The van der Waals surface area contributed by atoms with Crippen molar-refractivity contribution in [3.05, 3.63) is 46.7 Å². The Morgan fingerprint density at radius 1 is 1.32 bits per heavy atom. The molecule has 0 saturated carbocycles. The van der Waals surface area contributed by atoms with E-state index in [-0.39, 0.29) is 12.0 Å². The van der Waals surface area contributed by atoms with Gasteiger partial charge in [-0.2, -0.15) is 0 Å². The van der Waals surface area contributed by atoms with Crippen LogP contribution in [0.4, 0.5) is 9.52 Å². The lowest BCUT2D eigenvalue weighted by atomic mass is 10.2. The number of hydrogen-bond acceptors (Lipinski definition) is 6. The number of esters is 2. The largest absolute Gasteiger partial charge is 0.389 e. The van der Waals surface area contributed by atoms with Crippen molar-refractivity contribution in [2.24, 2.45) is 0 Å². The quantitative estimate of drug-likeness (QED) is 0.684. The summed E-state index contributed by atoms with van der Waals surface area (Å²) < 4.78 is 17.3. The van der Waals surface area contributed by atoms with Gasteiger partial charge in [-0.1, -0.05) is 0 Å². The Hall–Kier alpha value is -2.28. The van der Waals surface area contributed by atoms with Crippen molar-refractivity contribution >= 4 is 28.4 Å². The van der Waals surface area contributed by atoms with Crippen LogP contribution in [0.25, 0.3) is 0 Å². The van der Waals surface area contributed by atoms with Crippen LogP contribution in [0, 0.1) is 5.82 Å². The molecule has 0 spiro atoms. The first-order chi connectivity index (χ1) is 9.04. The Kier molecular flexibility index (Phi) is 3.86. The number of rotatable bonds is 3. The van der Waals surface area contributed by atoms with Gasteiger partial charge in [-0.25, -0.2) is 14.2 Å². The number of nitrogen functional groups attached to an aromatic ring is 1. The minimum atomic E-state index is -0.826. The number of halogens is 1. The Morgan fingerprint density at radius 2 is 2.00 bits per heavy atom. The Morgan fingerprint density at radius 3 is 2.58 bits per heavy atom. The minimum absolute atomic E-state index is 0.104. The topological polar surface area (TPSA) is 82.3 Å². The number of nitrogens with zero attached hydrogens (tertiary/aromatic N) is 1. The molecule has 1 heterocycles. The maximum atomic E-state index is 12.7. The van der Waals surface area contributed by atoms with E-state index in [1.165, 1.54) is 23.5 Å². The summed E-state index contributed by atoms with van der Waals surface area (Å²) in [7, 11) is 0. The predicted molar refractivity (Wildman–Crippen MR) is 67.1 cm³/mol. The number of carbonyl (C=O) groups excluding carboxylic acids is 2. The SMILES string of the molecule is Nc1nc(CC(=O)OC(=O)c2ccc(F)cc2)cs1. The van der Waals surface area contributed by atoms with Crippen LogP contribution in [0.2, 0.25) is 0 Å². The van der Waals surface area contributed by atoms with Gasteiger partial charge in [0.05, 0.1) is 17.7 Å². The smallest absolute Gasteiger partial charge is 0.345 e. The molecular weight excluding hydrogens is 271 g/mol. The van der Waals surface area contributed by atoms with Crippen molar-refractivity contribution in [3.8, 4) is 0 Å². The second-order valence-corrected chi connectivity index (χ2v) is 4.51. The number of hydrogen-bond donors (Lipinski definition) is 1. The Bertz CT molecular complexity index is 610. The Balaban J connectivity index is 1.95. The summed E-state index contributed by atoms with van der Waals surface area (Å²) in [4.78, 5) is 26.9. The number of aromatic nitrogens is 1. The highest BCUT2D eigenvalue weighted by atomic mass is 32.1. The van der Waals surface area contributed by atoms with Crippen molar-refractivity contribution in [2.45, 2.75) is 6.42 Å². The third kappa shape index (κ3) is 3.59. The second-order valence-electron chi connectivity index (χ2n) is 3.62. The van der Waals surface area contributed by atoms with Crippen molar-refractivity contribution in [2.75, 3.05) is 5.73 Å². The Labute approximate surface area is 111 Å². The van der Waals surface area contributed by atoms with Gasteiger partial charge >= 0.3 is 11.9 Å². The predicted octanol–water partition coefficient (Wildman–Crippen LogP) is 1.79. The van der Waals surface area contributed by atoms with Gasteiger partial charge in [0, 0.05) is 5.38 Å². The summed E-state index contributed by atoms with van der Waals surface area (Å²) >= 11 is 1.20. The zero-order valence-corrected chi connectivity index (χ0v) is 10.4. The third-order valence-corrected chi connectivity index (χ3v) is 2.90. The maximum absolute atomic E-state index is 12.7. The zero-order chi connectivity index (χ0) is 13.8. The number of benzene rings is 1. The maximum Gasteiger partial charge on any atom is 0.345 e. The summed E-state index contributed by atoms with van der Waals surface area (Å²) in [6.45, 7) is 0. The molecule has 19 heavy (non-hydrogen) atoms. The van der Waals surface area contributed by atoms with Gasteiger partial charge < -0.3 is 10.5 Å². The van der Waals surface area contributed by atoms with E-state index in [4.69, 9.17) is 5.73 Å². The molecule has 98 valence electrons. The van der Waals surface area contributed by atoms with E-state index in [2.05, 4.69) is 9.72 Å². The molecule has 0 fully saturated rings. The fraction of sp³-hybridized carbons (Fsp3) is 0.0833. The molecule has 0 atom stereocenters. The number of carbonyl (C=O) groups is 2. The first kappa shape index (κ1) is 13.2. The van der Waals surface area contributed by atoms with Gasteiger partial charge in [0.2, 0.25) is 0 Å². The first-order valence-electron chi connectivity index (χ1n) is 5.25. The van der Waals surface area contributed by atoms with Crippen LogP contribution < -0.4 is 5.73 Å². The third-order valence-electron chi connectivity index (χ3n) is 2.18. The molecule has 7 heteroatoms. The summed E-state index contributed by atoms with van der Waals surface area (Å²) in [5, 5.41) is 1.95. The molecule has 0 aliphatic rings. The molecule has 0 unspecified atom stereocenters. The average Bonchev–Trinajstić information content (AvgIpc) is 2.75. The van der Waals surface area contributed by atoms with Crippen LogP contribution in [0.1, 0.15) is 16.1 Å². The highest BCUT2D eigenvalue weighted by Gasteiger charge is 2.14. The van der Waals surface area contributed by atoms with Crippen LogP contribution in [-0.4, -0.2) is 16.9 Å². The molecule has 0 radical (unpaired) electrons. The summed E-state index contributed by atoms with van der Waals surface area (Å²) in [5.41, 5.74) is 5.96. The van der Waals surface area contributed by atoms with Crippen molar-refractivity contribution in [1.29, 1.82) is 0 Å². The van der Waals surface area contributed by atoms with Crippen LogP contribution in [0.3, 0.4) is 0 Å². The molecule has 0 aliphatic heterocycles. The number of nitrogens with two attached hydrogens (primary N) is 1. The monoisotopic (exact) mass is 280 g/mol. The molecule has 2 aromatic rings. The highest BCUT2D eigenvalue weighted by molar-refractivity contribution is 7.13. The zero-order valence-electron chi connectivity index (χ0n) is 9.63. The normalized spacial score (nSPS) is 10.2. The van der Waals surface area contributed by atoms with E-state index in [0.717, 1.165) is 12.1 Å². The molecule has 5 nitrogen and oxygen atoms in total. The fourth-order valence-electron chi connectivity index (χ4n) is 1.34. The number of ether oxygens (including phenoxy) is 1. The lowest BCUT2D eigenvalue weighted by Crippen LogP contribution is -2.14. The van der Waals surface area contributed by atoms with Crippen molar-refractivity contribution in [1.82, 2.24) is 4.98 Å². The van der Waals surface area contributed by atoms with Crippen LogP contribution in [-0.2, 0) is 16.0 Å². The van der Waals surface area contributed by atoms with Crippen molar-refractivity contribution < 1.29 is 18.7 Å². The van der Waals surface area contributed by atoms with Gasteiger partial charge in [0.25, 0.3) is 0 Å². The molecule has 1 aromatic heterocycles. The molecule has 0 bridgehead atoms. The minimum Gasteiger partial charge on any atom is -0.389 e. The van der Waals surface area contributed by atoms with Gasteiger partial charge in [0.15, 0.2) is 5.13 Å². The highest BCUT2D eigenvalue weighted by Crippen LogP contribution is 2.12. The molecule has 0 amide bonds. The lowest BCUT2D eigenvalue weighted by molar-refractivity contribution is -0.137. The van der Waals surface area contributed by atoms with Gasteiger partial charge in [-0.05, 0) is 24.3 Å². The van der Waals surface area contributed by atoms with Crippen LogP contribution in [0.15, 0.2) is 29.6 Å². The fourth-order valence-corrected chi connectivity index (χ4v) is 1.90. The molecular formula is C12H9FN2O3S. The summed E-state index contributed by atoms with van der Waals surface area (Å²) in [6.07, 6.45) is -0.138. The van der Waals surface area contributed by atoms with Crippen LogP contribution >= 0.6 is 11.3 Å². The number of anilines is 1. The van der Waals surface area contributed by atoms with E-state index >= 15 is 0 Å². The average molecular weight is 280 g/mol. The molecule has 0 aliphatic carbocycles. The van der Waals surface area contributed by atoms with E-state index < -0.39 is 17.8 Å². The van der Waals surface area contributed by atoms with Gasteiger partial charge in [-0.15, -0.1) is 11.3 Å². The molecule has 0 saturated heterocycles. The van der Waals surface area contributed by atoms with E-state index in [9.17, 15) is 14.0 Å². The van der Waals surface area contributed by atoms with Gasteiger partial charge in [0.1, 0.15) is 5.82 Å². The van der Waals surface area contributed by atoms with E-state index in [1.807, 2.05) is 0 Å². The standard InChI is InChI=1S/C12H9FN2O3S/c13-8-3-1-7(2-4-8)11(17)18-10(16)5-9-6-19-12(14)15-9/h1-4,6H,5H2,(H2,14,15). The summed E-state index contributed by atoms with van der Waals surface area (Å²) in [6, 6.07) is 4.71. The molecule has 2 rings (SSSR count). The van der Waals surface area contributed by atoms with E-state index in [0.29, 0.717) is 10.8 Å². The molecule has 2 N–H and O–H groups in total. The second kappa shape index (κ2) is 5.57.